The van der Waals surface area contributed by atoms with Crippen molar-refractivity contribution in [2.75, 3.05) is 12.4 Å². The lowest BCUT2D eigenvalue weighted by Crippen LogP contribution is -2.17. The molecule has 1 atom stereocenters. The van der Waals surface area contributed by atoms with E-state index in [1.807, 2.05) is 18.2 Å². The highest BCUT2D eigenvalue weighted by Gasteiger charge is 2.17. The lowest BCUT2D eigenvalue weighted by Gasteiger charge is -2.12. The molecule has 0 bridgehead atoms. The van der Waals surface area contributed by atoms with E-state index in [2.05, 4.69) is 5.32 Å². The Bertz CT molecular complexity index is 601. The lowest BCUT2D eigenvalue weighted by atomic mass is 10.1. The number of rotatable bonds is 4. The van der Waals surface area contributed by atoms with E-state index in [4.69, 9.17) is 16.3 Å². The molecule has 2 rings (SSSR count). The van der Waals surface area contributed by atoms with E-state index in [1.54, 1.807) is 24.3 Å². The Labute approximate surface area is 122 Å². The van der Waals surface area contributed by atoms with Gasteiger partial charge in [0, 0.05) is 11.8 Å². The van der Waals surface area contributed by atoms with Gasteiger partial charge in [0.1, 0.15) is 5.38 Å². The van der Waals surface area contributed by atoms with Gasteiger partial charge in [-0.3, -0.25) is 4.79 Å². The van der Waals surface area contributed by atoms with Crippen LogP contribution in [-0.4, -0.2) is 18.1 Å². The fraction of sp³-hybridized carbons (Fsp3) is 0.133. The van der Waals surface area contributed by atoms with E-state index in [0.29, 0.717) is 17.0 Å². The van der Waals surface area contributed by atoms with Crippen LogP contribution >= 0.6 is 11.6 Å². The number of benzene rings is 2. The molecule has 0 aliphatic rings. The first-order chi connectivity index (χ1) is 9.61. The largest absolute Gasteiger partial charge is 0.504 e. The van der Waals surface area contributed by atoms with Gasteiger partial charge in [-0.15, -0.1) is 11.6 Å². The third kappa shape index (κ3) is 3.22. The van der Waals surface area contributed by atoms with Gasteiger partial charge < -0.3 is 15.2 Å². The van der Waals surface area contributed by atoms with Crippen LogP contribution in [0.1, 0.15) is 10.9 Å². The van der Waals surface area contributed by atoms with E-state index < -0.39 is 5.38 Å². The number of amides is 1. The Morgan fingerprint density at radius 2 is 1.95 bits per heavy atom. The maximum Gasteiger partial charge on any atom is 0.246 e. The molecular weight excluding hydrogens is 278 g/mol. The molecule has 2 aromatic rings. The van der Waals surface area contributed by atoms with E-state index in [0.717, 1.165) is 0 Å². The average molecular weight is 292 g/mol. The Hall–Kier alpha value is -2.20. The van der Waals surface area contributed by atoms with Crippen LogP contribution in [0, 0.1) is 0 Å². The van der Waals surface area contributed by atoms with Crippen molar-refractivity contribution < 1.29 is 14.6 Å². The van der Waals surface area contributed by atoms with Crippen LogP contribution in [0.2, 0.25) is 0 Å². The second kappa shape index (κ2) is 6.30. The highest BCUT2D eigenvalue weighted by atomic mass is 35.5. The fourth-order valence-corrected chi connectivity index (χ4v) is 1.95. The molecule has 0 saturated heterocycles. The van der Waals surface area contributed by atoms with Crippen LogP contribution in [0.25, 0.3) is 0 Å². The number of methoxy groups -OCH3 is 1. The van der Waals surface area contributed by atoms with Crippen molar-refractivity contribution in [2.45, 2.75) is 5.38 Å². The maximum atomic E-state index is 12.0. The Morgan fingerprint density at radius 1 is 1.25 bits per heavy atom. The van der Waals surface area contributed by atoms with Gasteiger partial charge >= 0.3 is 0 Å². The minimum atomic E-state index is -0.791. The average Bonchev–Trinajstić information content (AvgIpc) is 2.47. The molecule has 0 aliphatic heterocycles. The zero-order chi connectivity index (χ0) is 14.5. The van der Waals surface area contributed by atoms with E-state index >= 15 is 0 Å². The topological polar surface area (TPSA) is 58.6 Å². The van der Waals surface area contributed by atoms with Crippen LogP contribution in [0.3, 0.4) is 0 Å². The van der Waals surface area contributed by atoms with Crippen molar-refractivity contribution in [1.29, 1.82) is 0 Å². The van der Waals surface area contributed by atoms with Gasteiger partial charge in [-0.05, 0) is 17.7 Å². The number of ether oxygens (including phenoxy) is 1. The number of halogens is 1. The Morgan fingerprint density at radius 3 is 2.55 bits per heavy atom. The Kier molecular flexibility index (Phi) is 4.48. The molecule has 104 valence electrons. The molecule has 0 heterocycles. The molecule has 20 heavy (non-hydrogen) atoms. The third-order valence-electron chi connectivity index (χ3n) is 2.77. The van der Waals surface area contributed by atoms with Gasteiger partial charge in [0.2, 0.25) is 5.91 Å². The number of hydrogen-bond acceptors (Lipinski definition) is 3. The standard InChI is InChI=1S/C15H14ClNO3/c1-20-13-8-7-11(9-12(13)18)17-15(19)14(16)10-5-3-2-4-6-10/h2-9,14,18H,1H3,(H,17,19). The van der Waals surface area contributed by atoms with Gasteiger partial charge in [-0.1, -0.05) is 30.3 Å². The molecule has 2 aromatic carbocycles. The van der Waals surface area contributed by atoms with Crippen LogP contribution < -0.4 is 10.1 Å². The molecule has 0 aromatic heterocycles. The summed E-state index contributed by atoms with van der Waals surface area (Å²) >= 11 is 6.11. The number of phenolic OH excluding ortho intramolecular Hbond substituents is 1. The summed E-state index contributed by atoms with van der Waals surface area (Å²) < 4.78 is 4.93. The second-order valence-electron chi connectivity index (χ2n) is 4.15. The fourth-order valence-electron chi connectivity index (χ4n) is 1.75. The molecule has 5 heteroatoms. The first kappa shape index (κ1) is 14.2. The number of hydrogen-bond donors (Lipinski definition) is 2. The molecule has 0 spiro atoms. The zero-order valence-corrected chi connectivity index (χ0v) is 11.6. The molecule has 0 fully saturated rings. The molecule has 4 nitrogen and oxygen atoms in total. The first-order valence-corrected chi connectivity index (χ1v) is 6.42. The quantitative estimate of drug-likeness (QED) is 0.850. The van der Waals surface area contributed by atoms with Crippen LogP contribution in [0.4, 0.5) is 5.69 Å². The van der Waals surface area contributed by atoms with Gasteiger partial charge in [-0.25, -0.2) is 0 Å². The van der Waals surface area contributed by atoms with Gasteiger partial charge in [0.25, 0.3) is 0 Å². The molecule has 0 saturated carbocycles. The number of carbonyl (C=O) groups excluding carboxylic acids is 1. The normalized spacial score (nSPS) is 11.7. The van der Waals surface area contributed by atoms with Crippen LogP contribution in [-0.2, 0) is 4.79 Å². The monoisotopic (exact) mass is 291 g/mol. The number of alkyl halides is 1. The molecule has 0 radical (unpaired) electrons. The molecule has 0 aliphatic carbocycles. The van der Waals surface area contributed by atoms with Crippen molar-refractivity contribution in [1.82, 2.24) is 0 Å². The highest BCUT2D eigenvalue weighted by Crippen LogP contribution is 2.29. The molecular formula is C15H14ClNO3. The number of carbonyl (C=O) groups is 1. The van der Waals surface area contributed by atoms with E-state index in [1.165, 1.54) is 13.2 Å². The summed E-state index contributed by atoms with van der Waals surface area (Å²) in [6, 6.07) is 13.7. The van der Waals surface area contributed by atoms with E-state index in [9.17, 15) is 9.90 Å². The van der Waals surface area contributed by atoms with Crippen molar-refractivity contribution in [2.24, 2.45) is 0 Å². The molecule has 2 N–H and O–H groups in total. The highest BCUT2D eigenvalue weighted by molar-refractivity contribution is 6.32. The smallest absolute Gasteiger partial charge is 0.246 e. The van der Waals surface area contributed by atoms with Crippen LogP contribution in [0.5, 0.6) is 11.5 Å². The Balaban J connectivity index is 2.10. The number of nitrogens with one attached hydrogen (secondary N) is 1. The van der Waals surface area contributed by atoms with Crippen molar-refractivity contribution in [3.8, 4) is 11.5 Å². The van der Waals surface area contributed by atoms with Crippen molar-refractivity contribution in [3.05, 3.63) is 54.1 Å². The lowest BCUT2D eigenvalue weighted by molar-refractivity contribution is -0.116. The number of anilines is 1. The summed E-state index contributed by atoms with van der Waals surface area (Å²) in [6.45, 7) is 0. The van der Waals surface area contributed by atoms with Crippen LogP contribution in [0.15, 0.2) is 48.5 Å². The summed E-state index contributed by atoms with van der Waals surface area (Å²) in [5.41, 5.74) is 1.17. The minimum Gasteiger partial charge on any atom is -0.504 e. The summed E-state index contributed by atoms with van der Waals surface area (Å²) in [5, 5.41) is 11.5. The van der Waals surface area contributed by atoms with Crippen molar-refractivity contribution in [3.63, 3.8) is 0 Å². The van der Waals surface area contributed by atoms with Gasteiger partial charge in [0.05, 0.1) is 7.11 Å². The van der Waals surface area contributed by atoms with Gasteiger partial charge in [0.15, 0.2) is 11.5 Å². The summed E-state index contributed by atoms with van der Waals surface area (Å²) in [5.74, 6) is -0.0629. The summed E-state index contributed by atoms with van der Waals surface area (Å²) in [7, 11) is 1.46. The number of aromatic hydroxyl groups is 1. The summed E-state index contributed by atoms with van der Waals surface area (Å²) in [4.78, 5) is 12.0. The predicted molar refractivity (Wildman–Crippen MR) is 78.3 cm³/mol. The maximum absolute atomic E-state index is 12.0. The molecule has 1 amide bonds. The van der Waals surface area contributed by atoms with Crippen molar-refractivity contribution >= 4 is 23.2 Å². The third-order valence-corrected chi connectivity index (χ3v) is 3.22. The second-order valence-corrected chi connectivity index (χ2v) is 4.59. The summed E-state index contributed by atoms with van der Waals surface area (Å²) in [6.07, 6.45) is 0. The zero-order valence-electron chi connectivity index (χ0n) is 10.8. The minimum absolute atomic E-state index is 0.0452. The SMILES string of the molecule is COc1ccc(NC(=O)C(Cl)c2ccccc2)cc1O. The first-order valence-electron chi connectivity index (χ1n) is 5.98. The van der Waals surface area contributed by atoms with E-state index in [-0.39, 0.29) is 11.7 Å². The number of phenols is 1. The predicted octanol–water partition coefficient (Wildman–Crippen LogP) is 3.32. The van der Waals surface area contributed by atoms with Gasteiger partial charge in [-0.2, -0.15) is 0 Å². The molecule has 1 unspecified atom stereocenters.